The lowest BCUT2D eigenvalue weighted by molar-refractivity contribution is -0.567. The monoisotopic (exact) mass is 185 g/mol. The van der Waals surface area contributed by atoms with Crippen molar-refractivity contribution >= 4 is 0 Å². The van der Waals surface area contributed by atoms with Gasteiger partial charge in [0.1, 0.15) is 0 Å². The second kappa shape index (κ2) is 3.95. The molecule has 0 spiro atoms. The number of hydrogen-bond donors (Lipinski definition) is 1. The molecule has 13 heavy (non-hydrogen) atoms. The molecule has 5 heteroatoms. The van der Waals surface area contributed by atoms with E-state index in [1.165, 1.54) is 12.1 Å². The fraction of sp³-hybridized carbons (Fsp3) is 0.250. The fourth-order valence-electron chi connectivity index (χ4n) is 0.924. The summed E-state index contributed by atoms with van der Waals surface area (Å²) in [6.07, 6.45) is -4.17. The van der Waals surface area contributed by atoms with Gasteiger partial charge < -0.3 is 5.11 Å². The first kappa shape index (κ1) is 9.60. The lowest BCUT2D eigenvalue weighted by atomic mass is 10.1. The van der Waals surface area contributed by atoms with E-state index in [1.807, 2.05) is 0 Å². The topological polar surface area (TPSA) is 63.4 Å². The summed E-state index contributed by atoms with van der Waals surface area (Å²) in [6.45, 7) is 0. The van der Waals surface area contributed by atoms with Crippen LogP contribution in [0.1, 0.15) is 11.7 Å². The van der Waals surface area contributed by atoms with Gasteiger partial charge in [-0.3, -0.25) is 10.1 Å². The molecule has 1 aromatic rings. The maximum Gasteiger partial charge on any atom is 0.379 e. The van der Waals surface area contributed by atoms with Crippen molar-refractivity contribution in [2.45, 2.75) is 12.4 Å². The van der Waals surface area contributed by atoms with Crippen LogP contribution in [0.2, 0.25) is 0 Å². The number of benzene rings is 1. The van der Waals surface area contributed by atoms with Gasteiger partial charge in [-0.25, -0.2) is 0 Å². The smallest absolute Gasteiger partial charge is 0.379 e. The van der Waals surface area contributed by atoms with Crippen LogP contribution in [0.15, 0.2) is 30.3 Å². The van der Waals surface area contributed by atoms with E-state index in [2.05, 4.69) is 0 Å². The van der Waals surface area contributed by atoms with Crippen molar-refractivity contribution in [3.05, 3.63) is 46.0 Å². The van der Waals surface area contributed by atoms with Crippen LogP contribution in [0.3, 0.4) is 0 Å². The summed E-state index contributed by atoms with van der Waals surface area (Å²) in [5, 5.41) is 19.1. The second-order valence-electron chi connectivity index (χ2n) is 2.51. The zero-order chi connectivity index (χ0) is 9.84. The van der Waals surface area contributed by atoms with E-state index in [0.717, 1.165) is 0 Å². The first-order valence-corrected chi connectivity index (χ1v) is 3.63. The van der Waals surface area contributed by atoms with Crippen LogP contribution < -0.4 is 0 Å². The van der Waals surface area contributed by atoms with Crippen LogP contribution in [0.5, 0.6) is 0 Å². The highest BCUT2D eigenvalue weighted by atomic mass is 19.1. The van der Waals surface area contributed by atoms with E-state index in [4.69, 9.17) is 5.11 Å². The Hall–Kier alpha value is -1.49. The minimum Gasteiger partial charge on any atom is -0.379 e. The molecule has 0 heterocycles. The molecule has 1 rings (SSSR count). The van der Waals surface area contributed by atoms with E-state index < -0.39 is 17.3 Å². The molecule has 0 saturated carbocycles. The average molecular weight is 185 g/mol. The Morgan fingerprint density at radius 1 is 1.38 bits per heavy atom. The van der Waals surface area contributed by atoms with Crippen molar-refractivity contribution in [1.29, 1.82) is 0 Å². The normalized spacial score (nSPS) is 14.9. The maximum absolute atomic E-state index is 12.7. The van der Waals surface area contributed by atoms with E-state index >= 15 is 0 Å². The standard InChI is InChI=1S/C8H8FNO3/c9-8(10(12)13)7(11)6-4-2-1-3-5-6/h1-5,7-8,11H/t7-,8+/m1/s1. The van der Waals surface area contributed by atoms with Gasteiger partial charge in [-0.05, 0) is 5.56 Å². The molecule has 0 bridgehead atoms. The van der Waals surface area contributed by atoms with Gasteiger partial charge >= 0.3 is 6.30 Å². The van der Waals surface area contributed by atoms with Crippen LogP contribution in [0, 0.1) is 10.1 Å². The fourth-order valence-corrected chi connectivity index (χ4v) is 0.924. The molecule has 0 saturated heterocycles. The third kappa shape index (κ3) is 2.22. The lowest BCUT2D eigenvalue weighted by Gasteiger charge is -2.08. The quantitative estimate of drug-likeness (QED) is 0.438. The van der Waals surface area contributed by atoms with Gasteiger partial charge in [0.05, 0.1) is 4.92 Å². The molecule has 2 atom stereocenters. The van der Waals surface area contributed by atoms with Gasteiger partial charge in [-0.2, -0.15) is 4.39 Å². The van der Waals surface area contributed by atoms with Crippen molar-refractivity contribution in [2.24, 2.45) is 0 Å². The SMILES string of the molecule is O=[N+]([O-])[C@H](F)[C@H](O)c1ccccc1. The predicted octanol–water partition coefficient (Wildman–Crippen LogP) is 1.29. The Labute approximate surface area is 73.8 Å². The Kier molecular flexibility index (Phi) is 2.92. The van der Waals surface area contributed by atoms with E-state index in [-0.39, 0.29) is 5.56 Å². The molecule has 4 nitrogen and oxygen atoms in total. The highest BCUT2D eigenvalue weighted by Crippen LogP contribution is 2.18. The number of nitrogens with zero attached hydrogens (tertiary/aromatic N) is 1. The molecule has 0 unspecified atom stereocenters. The molecule has 0 aliphatic rings. The highest BCUT2D eigenvalue weighted by Gasteiger charge is 2.29. The molecule has 0 aliphatic carbocycles. The van der Waals surface area contributed by atoms with Gasteiger partial charge in [0.25, 0.3) is 0 Å². The van der Waals surface area contributed by atoms with Crippen molar-refractivity contribution in [3.8, 4) is 0 Å². The maximum atomic E-state index is 12.7. The Morgan fingerprint density at radius 3 is 2.38 bits per heavy atom. The van der Waals surface area contributed by atoms with Gasteiger partial charge in [0, 0.05) is 0 Å². The third-order valence-corrected chi connectivity index (χ3v) is 1.60. The van der Waals surface area contributed by atoms with Crippen molar-refractivity contribution in [1.82, 2.24) is 0 Å². The summed E-state index contributed by atoms with van der Waals surface area (Å²) in [5.41, 5.74) is 0.201. The summed E-state index contributed by atoms with van der Waals surface area (Å²) in [5.74, 6) is 0. The van der Waals surface area contributed by atoms with E-state index in [1.54, 1.807) is 18.2 Å². The molecule has 0 amide bonds. The van der Waals surface area contributed by atoms with Crippen LogP contribution in [0.25, 0.3) is 0 Å². The average Bonchev–Trinajstić information content (AvgIpc) is 2.17. The predicted molar refractivity (Wildman–Crippen MR) is 43.3 cm³/mol. The van der Waals surface area contributed by atoms with Crippen molar-refractivity contribution in [2.75, 3.05) is 0 Å². The molecule has 0 radical (unpaired) electrons. The molecule has 0 aliphatic heterocycles. The number of aliphatic hydroxyl groups excluding tert-OH is 1. The van der Waals surface area contributed by atoms with Crippen LogP contribution in [0.4, 0.5) is 4.39 Å². The van der Waals surface area contributed by atoms with Crippen molar-refractivity contribution < 1.29 is 14.4 Å². The van der Waals surface area contributed by atoms with Gasteiger partial charge in [0.2, 0.25) is 0 Å². The van der Waals surface area contributed by atoms with Gasteiger partial charge in [-0.1, -0.05) is 30.3 Å². The number of nitro groups is 1. The van der Waals surface area contributed by atoms with Crippen LogP contribution >= 0.6 is 0 Å². The Bertz CT molecular complexity index is 291. The molecule has 1 aromatic carbocycles. The molecule has 0 fully saturated rings. The van der Waals surface area contributed by atoms with Crippen LogP contribution in [-0.2, 0) is 0 Å². The number of alkyl halides is 1. The van der Waals surface area contributed by atoms with Crippen LogP contribution in [-0.4, -0.2) is 16.3 Å². The molecule has 0 aromatic heterocycles. The highest BCUT2D eigenvalue weighted by molar-refractivity contribution is 5.17. The number of halogens is 1. The molecule has 70 valence electrons. The summed E-state index contributed by atoms with van der Waals surface area (Å²) >= 11 is 0. The summed E-state index contributed by atoms with van der Waals surface area (Å²) in [6, 6.07) is 7.69. The zero-order valence-electron chi connectivity index (χ0n) is 6.63. The minimum atomic E-state index is -2.47. The largest absolute Gasteiger partial charge is 0.379 e. The zero-order valence-corrected chi connectivity index (χ0v) is 6.63. The first-order valence-electron chi connectivity index (χ1n) is 3.63. The number of hydrogen-bond acceptors (Lipinski definition) is 3. The van der Waals surface area contributed by atoms with E-state index in [9.17, 15) is 14.5 Å². The Morgan fingerprint density at radius 2 is 1.92 bits per heavy atom. The molecular formula is C8H8FNO3. The second-order valence-corrected chi connectivity index (χ2v) is 2.51. The summed E-state index contributed by atoms with van der Waals surface area (Å²) < 4.78 is 12.7. The number of rotatable bonds is 3. The third-order valence-electron chi connectivity index (χ3n) is 1.60. The van der Waals surface area contributed by atoms with Crippen molar-refractivity contribution in [3.63, 3.8) is 0 Å². The molecule has 1 N–H and O–H groups in total. The number of aliphatic hydroxyl groups is 1. The van der Waals surface area contributed by atoms with Gasteiger partial charge in [-0.15, -0.1) is 0 Å². The minimum absolute atomic E-state index is 0.201. The summed E-state index contributed by atoms with van der Waals surface area (Å²) in [7, 11) is 0. The summed E-state index contributed by atoms with van der Waals surface area (Å²) in [4.78, 5) is 8.83. The lowest BCUT2D eigenvalue weighted by Crippen LogP contribution is -2.22. The van der Waals surface area contributed by atoms with E-state index in [0.29, 0.717) is 0 Å². The molecular weight excluding hydrogens is 177 g/mol. The van der Waals surface area contributed by atoms with Gasteiger partial charge in [0.15, 0.2) is 6.10 Å². The first-order chi connectivity index (χ1) is 6.13. The Balaban J connectivity index is 2.79.